The first-order valence-corrected chi connectivity index (χ1v) is 10.8. The normalized spacial score (nSPS) is 10.5. The Bertz CT molecular complexity index is 1230. The minimum Gasteiger partial charge on any atom is -0.332 e. The monoisotopic (exact) mass is 474 g/mol. The summed E-state index contributed by atoms with van der Waals surface area (Å²) >= 11 is 5.25. The van der Waals surface area contributed by atoms with Gasteiger partial charge in [0.25, 0.3) is 11.6 Å². The van der Waals surface area contributed by atoms with Crippen LogP contribution in [-0.4, -0.2) is 28.4 Å². The molecule has 0 atom stereocenters. The van der Waals surface area contributed by atoms with Crippen molar-refractivity contribution in [2.24, 2.45) is 0 Å². The van der Waals surface area contributed by atoms with Gasteiger partial charge >= 0.3 is 0 Å². The second-order valence-corrected chi connectivity index (χ2v) is 7.46. The highest BCUT2D eigenvalue weighted by atomic mass is 32.1. The number of benzene rings is 3. The summed E-state index contributed by atoms with van der Waals surface area (Å²) in [7, 11) is 0. The van der Waals surface area contributed by atoms with E-state index in [0.29, 0.717) is 23.4 Å². The van der Waals surface area contributed by atoms with Gasteiger partial charge in [-0.3, -0.25) is 25.0 Å². The van der Waals surface area contributed by atoms with Crippen LogP contribution >= 0.6 is 12.2 Å². The van der Waals surface area contributed by atoms with Gasteiger partial charge in [0.15, 0.2) is 5.11 Å². The Morgan fingerprint density at radius 1 is 1.00 bits per heavy atom. The zero-order valence-corrected chi connectivity index (χ0v) is 19.1. The van der Waals surface area contributed by atoms with E-state index in [-0.39, 0.29) is 16.7 Å². The molecule has 172 valence electrons. The fourth-order valence-electron chi connectivity index (χ4n) is 3.16. The summed E-state index contributed by atoms with van der Waals surface area (Å²) in [6.07, 6.45) is 2.78. The van der Waals surface area contributed by atoms with Crippen LogP contribution in [0.25, 0.3) is 6.08 Å². The van der Waals surface area contributed by atoms with E-state index in [1.807, 2.05) is 37.3 Å². The molecule has 3 aromatic carbocycles. The van der Waals surface area contributed by atoms with Gasteiger partial charge in [0, 0.05) is 30.4 Å². The van der Waals surface area contributed by atoms with Crippen LogP contribution in [0.3, 0.4) is 0 Å². The lowest BCUT2D eigenvalue weighted by atomic mass is 10.1. The highest BCUT2D eigenvalue weighted by Gasteiger charge is 2.19. The van der Waals surface area contributed by atoms with E-state index < -0.39 is 10.8 Å². The third-order valence-electron chi connectivity index (χ3n) is 4.80. The lowest BCUT2D eigenvalue weighted by Crippen LogP contribution is -2.35. The van der Waals surface area contributed by atoms with Gasteiger partial charge in [0.2, 0.25) is 5.91 Å². The molecule has 0 aliphatic heterocycles. The Morgan fingerprint density at radius 2 is 1.65 bits per heavy atom. The molecule has 0 bridgehead atoms. The lowest BCUT2D eigenvalue weighted by Gasteiger charge is -2.22. The highest BCUT2D eigenvalue weighted by Crippen LogP contribution is 2.22. The number of nitrogens with one attached hydrogen (secondary N) is 2. The Kier molecular flexibility index (Phi) is 8.20. The first-order valence-electron chi connectivity index (χ1n) is 10.4. The molecule has 0 heterocycles. The third-order valence-corrected chi connectivity index (χ3v) is 5.01. The minimum atomic E-state index is -0.494. The molecule has 0 aliphatic carbocycles. The molecule has 0 aliphatic rings. The number of amides is 2. The molecule has 3 rings (SSSR count). The number of rotatable bonds is 7. The SMILES string of the molecule is CCN(C(=O)c1ccccc1NC(=S)NC(=O)/C=C/c1ccc([N+](=O)[O-])cc1)c1ccccc1. The number of thiocarbonyl (C=S) groups is 1. The molecule has 0 fully saturated rings. The summed E-state index contributed by atoms with van der Waals surface area (Å²) in [6.45, 7) is 2.37. The van der Waals surface area contributed by atoms with Gasteiger partial charge in [-0.1, -0.05) is 30.3 Å². The summed E-state index contributed by atoms with van der Waals surface area (Å²) in [4.78, 5) is 37.3. The molecule has 8 nitrogen and oxygen atoms in total. The number of hydrogen-bond donors (Lipinski definition) is 2. The van der Waals surface area contributed by atoms with Gasteiger partial charge in [0.05, 0.1) is 16.2 Å². The first kappa shape index (κ1) is 24.3. The average molecular weight is 475 g/mol. The molecular formula is C25H22N4O4S. The van der Waals surface area contributed by atoms with Gasteiger partial charge in [-0.25, -0.2) is 0 Å². The van der Waals surface area contributed by atoms with E-state index in [2.05, 4.69) is 10.6 Å². The van der Waals surface area contributed by atoms with Crippen molar-refractivity contribution < 1.29 is 14.5 Å². The van der Waals surface area contributed by atoms with Crippen LogP contribution in [0.15, 0.2) is 84.9 Å². The molecular weight excluding hydrogens is 452 g/mol. The number of hydrogen-bond acceptors (Lipinski definition) is 5. The van der Waals surface area contributed by atoms with Crippen molar-refractivity contribution in [3.63, 3.8) is 0 Å². The molecule has 2 N–H and O–H groups in total. The molecule has 0 saturated carbocycles. The van der Waals surface area contributed by atoms with Crippen molar-refractivity contribution in [1.82, 2.24) is 5.32 Å². The van der Waals surface area contributed by atoms with Gasteiger partial charge in [-0.05, 0) is 67.2 Å². The Hall–Kier alpha value is -4.37. The van der Waals surface area contributed by atoms with E-state index in [4.69, 9.17) is 12.2 Å². The number of non-ortho nitro benzene ring substituents is 1. The molecule has 2 amide bonds. The number of para-hydroxylation sites is 2. The van der Waals surface area contributed by atoms with Crippen LogP contribution < -0.4 is 15.5 Å². The Labute approximate surface area is 202 Å². The number of carbonyl (C=O) groups excluding carboxylic acids is 2. The van der Waals surface area contributed by atoms with Crippen molar-refractivity contribution in [3.05, 3.63) is 106 Å². The van der Waals surface area contributed by atoms with Crippen LogP contribution in [0, 0.1) is 10.1 Å². The maximum atomic E-state index is 13.2. The largest absolute Gasteiger partial charge is 0.332 e. The van der Waals surface area contributed by atoms with Crippen LogP contribution in [0.2, 0.25) is 0 Å². The summed E-state index contributed by atoms with van der Waals surface area (Å²) in [5.74, 6) is -0.692. The smallest absolute Gasteiger partial charge is 0.269 e. The maximum absolute atomic E-state index is 13.2. The van der Waals surface area contributed by atoms with E-state index in [1.165, 1.54) is 36.4 Å². The first-order chi connectivity index (χ1) is 16.4. The summed E-state index contributed by atoms with van der Waals surface area (Å²) in [6, 6.07) is 22.0. The van der Waals surface area contributed by atoms with Crippen LogP contribution in [0.5, 0.6) is 0 Å². The number of anilines is 2. The fourth-order valence-corrected chi connectivity index (χ4v) is 3.37. The van der Waals surface area contributed by atoms with E-state index in [0.717, 1.165) is 5.69 Å². The van der Waals surface area contributed by atoms with E-state index in [1.54, 1.807) is 29.2 Å². The molecule has 0 radical (unpaired) electrons. The van der Waals surface area contributed by atoms with Gasteiger partial charge in [-0.15, -0.1) is 0 Å². The average Bonchev–Trinajstić information content (AvgIpc) is 2.84. The zero-order chi connectivity index (χ0) is 24.5. The predicted molar refractivity (Wildman–Crippen MR) is 137 cm³/mol. The topological polar surface area (TPSA) is 105 Å². The maximum Gasteiger partial charge on any atom is 0.269 e. The van der Waals surface area contributed by atoms with Crippen LogP contribution in [-0.2, 0) is 4.79 Å². The minimum absolute atomic E-state index is 0.0290. The van der Waals surface area contributed by atoms with Crippen molar-refractivity contribution in [2.45, 2.75) is 6.92 Å². The Balaban J connectivity index is 1.66. The zero-order valence-electron chi connectivity index (χ0n) is 18.3. The lowest BCUT2D eigenvalue weighted by molar-refractivity contribution is -0.384. The quantitative estimate of drug-likeness (QED) is 0.221. The van der Waals surface area contributed by atoms with Crippen molar-refractivity contribution in [1.29, 1.82) is 0 Å². The second kappa shape index (κ2) is 11.5. The number of carbonyl (C=O) groups is 2. The molecule has 0 unspecified atom stereocenters. The van der Waals surface area contributed by atoms with Gasteiger partial charge in [-0.2, -0.15) is 0 Å². The van der Waals surface area contributed by atoms with Gasteiger partial charge in [0.1, 0.15) is 0 Å². The standard InChI is InChI=1S/C25H22N4O4S/c1-2-28(19-8-4-3-5-9-19)24(31)21-10-6-7-11-22(21)26-25(34)27-23(30)17-14-18-12-15-20(16-13-18)29(32)33/h3-17H,2H2,1H3,(H2,26,27,30,34)/b17-14+. The number of nitrogens with zero attached hydrogens (tertiary/aromatic N) is 2. The molecule has 34 heavy (non-hydrogen) atoms. The van der Waals surface area contributed by atoms with E-state index in [9.17, 15) is 19.7 Å². The van der Waals surface area contributed by atoms with E-state index >= 15 is 0 Å². The van der Waals surface area contributed by atoms with Crippen LogP contribution in [0.1, 0.15) is 22.8 Å². The highest BCUT2D eigenvalue weighted by molar-refractivity contribution is 7.80. The van der Waals surface area contributed by atoms with Crippen molar-refractivity contribution in [2.75, 3.05) is 16.8 Å². The third kappa shape index (κ3) is 6.33. The fraction of sp³-hybridized carbons (Fsp3) is 0.0800. The van der Waals surface area contributed by atoms with Gasteiger partial charge < -0.3 is 10.2 Å². The Morgan fingerprint density at radius 3 is 2.29 bits per heavy atom. The number of nitro groups is 1. The number of nitro benzene ring substituents is 1. The van der Waals surface area contributed by atoms with Crippen molar-refractivity contribution in [3.8, 4) is 0 Å². The molecule has 0 aromatic heterocycles. The molecule has 0 spiro atoms. The summed E-state index contributed by atoms with van der Waals surface area (Å²) < 4.78 is 0. The van der Waals surface area contributed by atoms with Crippen LogP contribution in [0.4, 0.5) is 17.1 Å². The second-order valence-electron chi connectivity index (χ2n) is 7.06. The van der Waals surface area contributed by atoms with Crippen molar-refractivity contribution >= 4 is 52.3 Å². The summed E-state index contributed by atoms with van der Waals surface area (Å²) in [5, 5.41) is 16.2. The summed E-state index contributed by atoms with van der Waals surface area (Å²) in [5.41, 5.74) is 2.24. The molecule has 3 aromatic rings. The molecule has 0 saturated heterocycles. The molecule has 9 heteroatoms. The predicted octanol–water partition coefficient (Wildman–Crippen LogP) is 4.79.